The molecule has 1 aliphatic heterocycles. The number of nitro benzene ring substituents is 1. The molecule has 0 spiro atoms. The zero-order chi connectivity index (χ0) is 15.5. The van der Waals surface area contributed by atoms with E-state index in [1.54, 1.807) is 17.4 Å². The Balaban J connectivity index is 0.00000144. The van der Waals surface area contributed by atoms with Crippen LogP contribution in [0.2, 0.25) is 0 Å². The number of piperazine rings is 1. The van der Waals surface area contributed by atoms with Gasteiger partial charge in [0.15, 0.2) is 0 Å². The van der Waals surface area contributed by atoms with E-state index in [2.05, 4.69) is 10.2 Å². The van der Waals surface area contributed by atoms with Crippen LogP contribution in [0.15, 0.2) is 35.7 Å². The summed E-state index contributed by atoms with van der Waals surface area (Å²) in [5, 5.41) is 16.3. The van der Waals surface area contributed by atoms with Crippen molar-refractivity contribution in [2.24, 2.45) is 0 Å². The van der Waals surface area contributed by atoms with Crippen LogP contribution in [0.3, 0.4) is 0 Å². The minimum Gasteiger partial charge on any atom is -0.314 e. The molecule has 1 aromatic heterocycles. The van der Waals surface area contributed by atoms with Gasteiger partial charge in [-0.1, -0.05) is 12.1 Å². The first-order chi connectivity index (χ1) is 10.7. The quantitative estimate of drug-likeness (QED) is 0.636. The van der Waals surface area contributed by atoms with E-state index in [4.69, 9.17) is 0 Å². The molecule has 3 rings (SSSR count). The normalized spacial score (nSPS) is 15.9. The van der Waals surface area contributed by atoms with Gasteiger partial charge in [0.05, 0.1) is 11.0 Å². The molecule has 132 valence electrons. The zero-order valence-corrected chi connectivity index (χ0v) is 15.1. The molecule has 2 heterocycles. The Hall–Kier alpha value is -1.25. The van der Waals surface area contributed by atoms with Gasteiger partial charge in [0, 0.05) is 37.1 Å². The van der Waals surface area contributed by atoms with Crippen LogP contribution in [0, 0.1) is 15.9 Å². The lowest BCUT2D eigenvalue weighted by molar-refractivity contribution is -0.387. The summed E-state index contributed by atoms with van der Waals surface area (Å²) < 4.78 is 13.6. The van der Waals surface area contributed by atoms with Crippen LogP contribution in [0.4, 0.5) is 10.1 Å². The van der Waals surface area contributed by atoms with Gasteiger partial charge in [-0.3, -0.25) is 15.0 Å². The van der Waals surface area contributed by atoms with Gasteiger partial charge in [0.1, 0.15) is 0 Å². The highest BCUT2D eigenvalue weighted by molar-refractivity contribution is 7.10. The predicted octanol–water partition coefficient (Wildman–Crippen LogP) is 3.63. The summed E-state index contributed by atoms with van der Waals surface area (Å²) in [6, 6.07) is 8.12. The molecule has 24 heavy (non-hydrogen) atoms. The molecule has 0 saturated carbocycles. The molecule has 2 aromatic rings. The lowest BCUT2D eigenvalue weighted by Crippen LogP contribution is -2.45. The first-order valence-corrected chi connectivity index (χ1v) is 7.97. The molecular weight excluding hydrogens is 376 g/mol. The predicted molar refractivity (Wildman–Crippen MR) is 98.2 cm³/mol. The van der Waals surface area contributed by atoms with Crippen molar-refractivity contribution in [2.45, 2.75) is 6.04 Å². The van der Waals surface area contributed by atoms with Crippen LogP contribution in [0.5, 0.6) is 0 Å². The highest BCUT2D eigenvalue weighted by Crippen LogP contribution is 2.34. The van der Waals surface area contributed by atoms with E-state index in [0.29, 0.717) is 0 Å². The average Bonchev–Trinajstić information content (AvgIpc) is 3.04. The number of thiophene rings is 1. The Kier molecular flexibility index (Phi) is 8.05. The molecule has 1 aromatic carbocycles. The fraction of sp³-hybridized carbons (Fsp3) is 0.333. The number of hydrogen-bond acceptors (Lipinski definition) is 5. The summed E-state index contributed by atoms with van der Waals surface area (Å²) in [7, 11) is 0. The maximum Gasteiger partial charge on any atom is 0.305 e. The average molecular weight is 394 g/mol. The van der Waals surface area contributed by atoms with Gasteiger partial charge in [-0.25, -0.2) is 0 Å². The maximum atomic E-state index is 13.6. The van der Waals surface area contributed by atoms with Crippen LogP contribution in [0.25, 0.3) is 0 Å². The van der Waals surface area contributed by atoms with Gasteiger partial charge >= 0.3 is 5.69 Å². The van der Waals surface area contributed by atoms with Crippen molar-refractivity contribution in [1.82, 2.24) is 10.2 Å². The molecule has 5 nitrogen and oxygen atoms in total. The molecule has 0 amide bonds. The van der Waals surface area contributed by atoms with Crippen LogP contribution in [-0.2, 0) is 0 Å². The first-order valence-electron chi connectivity index (χ1n) is 7.09. The van der Waals surface area contributed by atoms with Gasteiger partial charge < -0.3 is 5.32 Å². The molecule has 1 aliphatic rings. The highest BCUT2D eigenvalue weighted by Gasteiger charge is 2.27. The highest BCUT2D eigenvalue weighted by atomic mass is 35.5. The molecule has 0 aliphatic carbocycles. The number of nitrogens with one attached hydrogen (secondary N) is 1. The van der Waals surface area contributed by atoms with Crippen molar-refractivity contribution >= 4 is 41.8 Å². The molecule has 1 saturated heterocycles. The van der Waals surface area contributed by atoms with Gasteiger partial charge in [-0.05, 0) is 23.1 Å². The molecule has 1 atom stereocenters. The molecule has 0 bridgehead atoms. The Morgan fingerprint density at radius 3 is 2.54 bits per heavy atom. The summed E-state index contributed by atoms with van der Waals surface area (Å²) in [6.45, 7) is 3.47. The number of rotatable bonds is 4. The second kappa shape index (κ2) is 9.29. The van der Waals surface area contributed by atoms with E-state index < -0.39 is 16.4 Å². The van der Waals surface area contributed by atoms with Crippen molar-refractivity contribution in [2.75, 3.05) is 26.2 Å². The minimum absolute atomic E-state index is 0. The minimum atomic E-state index is -0.793. The van der Waals surface area contributed by atoms with Gasteiger partial charge in [0.25, 0.3) is 0 Å². The van der Waals surface area contributed by atoms with E-state index in [-0.39, 0.29) is 30.9 Å². The van der Waals surface area contributed by atoms with Crippen LogP contribution in [-0.4, -0.2) is 36.0 Å². The van der Waals surface area contributed by atoms with Crippen molar-refractivity contribution in [3.05, 3.63) is 62.1 Å². The molecule has 1 fully saturated rings. The number of benzene rings is 1. The van der Waals surface area contributed by atoms with Gasteiger partial charge in [-0.2, -0.15) is 4.39 Å². The molecule has 0 radical (unpaired) electrons. The fourth-order valence-electron chi connectivity index (χ4n) is 2.78. The SMILES string of the molecule is Cl.Cl.O=[N+]([O-])c1cc([C@@H](c2cccs2)N2CCNCC2)ccc1F. The van der Waals surface area contributed by atoms with Crippen LogP contribution in [0.1, 0.15) is 16.5 Å². The van der Waals surface area contributed by atoms with Crippen LogP contribution >= 0.6 is 36.2 Å². The number of halogens is 3. The largest absolute Gasteiger partial charge is 0.314 e. The van der Waals surface area contributed by atoms with Crippen molar-refractivity contribution in [3.63, 3.8) is 0 Å². The molecule has 1 N–H and O–H groups in total. The number of hydrogen-bond donors (Lipinski definition) is 1. The van der Waals surface area contributed by atoms with Gasteiger partial charge in [0.2, 0.25) is 5.82 Å². The summed E-state index contributed by atoms with van der Waals surface area (Å²) in [5.74, 6) is -0.793. The maximum absolute atomic E-state index is 13.6. The third-order valence-corrected chi connectivity index (χ3v) is 4.74. The van der Waals surface area contributed by atoms with E-state index in [9.17, 15) is 14.5 Å². The molecule has 9 heteroatoms. The smallest absolute Gasteiger partial charge is 0.305 e. The second-order valence-electron chi connectivity index (χ2n) is 5.17. The summed E-state index contributed by atoms with van der Waals surface area (Å²) in [5.41, 5.74) is 0.298. The Morgan fingerprint density at radius 1 is 1.25 bits per heavy atom. The van der Waals surface area contributed by atoms with Crippen LogP contribution < -0.4 is 5.32 Å². The van der Waals surface area contributed by atoms with E-state index in [1.165, 1.54) is 12.1 Å². The molecular formula is C15H18Cl2FN3O2S. The number of nitro groups is 1. The topological polar surface area (TPSA) is 58.4 Å². The third-order valence-electron chi connectivity index (χ3n) is 3.81. The monoisotopic (exact) mass is 393 g/mol. The Morgan fingerprint density at radius 2 is 1.96 bits per heavy atom. The van der Waals surface area contributed by atoms with Gasteiger partial charge in [-0.15, -0.1) is 36.2 Å². The van der Waals surface area contributed by atoms with Crippen molar-refractivity contribution in [3.8, 4) is 0 Å². The van der Waals surface area contributed by atoms with E-state index in [1.807, 2.05) is 17.5 Å². The second-order valence-corrected chi connectivity index (χ2v) is 6.15. The lowest BCUT2D eigenvalue weighted by atomic mass is 10.0. The number of nitrogens with zero attached hydrogens (tertiary/aromatic N) is 2. The summed E-state index contributed by atoms with van der Waals surface area (Å²) >= 11 is 1.61. The molecule has 0 unspecified atom stereocenters. The summed E-state index contributed by atoms with van der Waals surface area (Å²) in [6.07, 6.45) is 0. The first kappa shape index (κ1) is 20.8. The lowest BCUT2D eigenvalue weighted by Gasteiger charge is -2.34. The van der Waals surface area contributed by atoms with Crippen molar-refractivity contribution < 1.29 is 9.31 Å². The van der Waals surface area contributed by atoms with E-state index >= 15 is 0 Å². The standard InChI is InChI=1S/C15H16FN3O2S.2ClH/c16-12-4-3-11(10-13(12)19(20)21)15(14-2-1-9-22-14)18-7-5-17-6-8-18;;/h1-4,9-10,15,17H,5-8H2;2*1H/t15-;;/m0../s1. The Labute approximate surface area is 155 Å². The van der Waals surface area contributed by atoms with E-state index in [0.717, 1.165) is 36.6 Å². The summed E-state index contributed by atoms with van der Waals surface area (Å²) in [4.78, 5) is 13.7. The zero-order valence-electron chi connectivity index (χ0n) is 12.7. The third kappa shape index (κ3) is 4.43. The van der Waals surface area contributed by atoms with Crippen molar-refractivity contribution in [1.29, 1.82) is 0 Å². The fourth-order valence-corrected chi connectivity index (χ4v) is 3.67. The Bertz CT molecular complexity index is 667.